The molecule has 0 saturated carbocycles. The van der Waals surface area contributed by atoms with Crippen molar-refractivity contribution in [3.63, 3.8) is 0 Å². The average Bonchev–Trinajstić information content (AvgIpc) is 3.52. The standard InChI is InChI=1S/C25H24N8O/c1-17-4-2-5-18(12-17)19-15-28-32(16-19)22-14-24(31-8-10-34-11-9-31)33-23(29-22)13-21(30-33)20-6-3-7-27-25(20)26/h2-7,12-16H,8-11H2,1H3,(H2,26,27). The fourth-order valence-electron chi connectivity index (χ4n) is 4.27. The maximum Gasteiger partial charge on any atom is 0.160 e. The van der Waals surface area contributed by atoms with E-state index in [1.165, 1.54) is 5.56 Å². The zero-order valence-corrected chi connectivity index (χ0v) is 18.8. The highest BCUT2D eigenvalue weighted by molar-refractivity contribution is 5.74. The summed E-state index contributed by atoms with van der Waals surface area (Å²) < 4.78 is 9.25. The van der Waals surface area contributed by atoms with E-state index in [0.717, 1.165) is 47.1 Å². The van der Waals surface area contributed by atoms with Gasteiger partial charge >= 0.3 is 0 Å². The van der Waals surface area contributed by atoms with Crippen molar-refractivity contribution in [2.24, 2.45) is 0 Å². The lowest BCUT2D eigenvalue weighted by molar-refractivity contribution is 0.122. The number of fused-ring (bicyclic) bond motifs is 1. The minimum absolute atomic E-state index is 0.439. The Balaban J connectivity index is 1.48. The Morgan fingerprint density at radius 2 is 1.88 bits per heavy atom. The second-order valence-electron chi connectivity index (χ2n) is 8.35. The summed E-state index contributed by atoms with van der Waals surface area (Å²) in [5, 5.41) is 9.45. The third-order valence-electron chi connectivity index (χ3n) is 6.01. The molecular formula is C25H24N8O. The number of benzene rings is 1. The van der Waals surface area contributed by atoms with Crippen LogP contribution in [0.15, 0.2) is 67.1 Å². The van der Waals surface area contributed by atoms with Crippen LogP contribution in [0.1, 0.15) is 5.56 Å². The Hall–Kier alpha value is -4.24. The van der Waals surface area contributed by atoms with Crippen molar-refractivity contribution in [2.75, 3.05) is 36.9 Å². The van der Waals surface area contributed by atoms with Crippen molar-refractivity contribution in [1.82, 2.24) is 29.4 Å². The van der Waals surface area contributed by atoms with Crippen LogP contribution in [0, 0.1) is 6.92 Å². The fraction of sp³-hybridized carbons (Fsp3) is 0.200. The quantitative estimate of drug-likeness (QED) is 0.446. The number of hydrogen-bond donors (Lipinski definition) is 1. The molecule has 1 aliphatic rings. The molecule has 1 aromatic carbocycles. The van der Waals surface area contributed by atoms with E-state index in [9.17, 15) is 0 Å². The highest BCUT2D eigenvalue weighted by Crippen LogP contribution is 2.28. The van der Waals surface area contributed by atoms with Gasteiger partial charge in [-0.2, -0.15) is 14.7 Å². The zero-order valence-electron chi connectivity index (χ0n) is 18.8. The van der Waals surface area contributed by atoms with Crippen LogP contribution in [0.3, 0.4) is 0 Å². The van der Waals surface area contributed by atoms with Crippen LogP contribution in [0.4, 0.5) is 11.6 Å². The number of aromatic nitrogens is 6. The first kappa shape index (κ1) is 20.4. The second-order valence-corrected chi connectivity index (χ2v) is 8.35. The van der Waals surface area contributed by atoms with E-state index >= 15 is 0 Å². The van der Waals surface area contributed by atoms with E-state index in [4.69, 9.17) is 20.6 Å². The molecule has 2 N–H and O–H groups in total. The number of anilines is 2. The lowest BCUT2D eigenvalue weighted by Crippen LogP contribution is -2.37. The Bertz CT molecular complexity index is 1480. The van der Waals surface area contributed by atoms with E-state index in [2.05, 4.69) is 46.2 Å². The van der Waals surface area contributed by atoms with Crippen molar-refractivity contribution in [1.29, 1.82) is 0 Å². The largest absolute Gasteiger partial charge is 0.383 e. The van der Waals surface area contributed by atoms with Gasteiger partial charge in [0.05, 0.1) is 25.1 Å². The number of hydrogen-bond acceptors (Lipinski definition) is 7. The number of nitrogens with zero attached hydrogens (tertiary/aromatic N) is 7. The summed E-state index contributed by atoms with van der Waals surface area (Å²) in [5.41, 5.74) is 11.7. The number of ether oxygens (including phenoxy) is 1. The minimum atomic E-state index is 0.439. The van der Waals surface area contributed by atoms with E-state index in [0.29, 0.717) is 24.7 Å². The topological polar surface area (TPSA) is 99.4 Å². The lowest BCUT2D eigenvalue weighted by Gasteiger charge is -2.29. The molecule has 170 valence electrons. The third-order valence-corrected chi connectivity index (χ3v) is 6.01. The van der Waals surface area contributed by atoms with Crippen molar-refractivity contribution in [3.8, 4) is 28.2 Å². The van der Waals surface area contributed by atoms with Gasteiger partial charge in [-0.05, 0) is 24.6 Å². The Morgan fingerprint density at radius 3 is 2.71 bits per heavy atom. The van der Waals surface area contributed by atoms with E-state index in [1.54, 1.807) is 6.20 Å². The first-order valence-electron chi connectivity index (χ1n) is 11.2. The highest BCUT2D eigenvalue weighted by Gasteiger charge is 2.20. The number of nitrogens with two attached hydrogens (primary N) is 1. The van der Waals surface area contributed by atoms with Crippen molar-refractivity contribution >= 4 is 17.3 Å². The summed E-state index contributed by atoms with van der Waals surface area (Å²) in [4.78, 5) is 11.4. The Kier molecular flexibility index (Phi) is 4.96. The van der Waals surface area contributed by atoms with Crippen LogP contribution in [0.2, 0.25) is 0 Å². The molecule has 5 heterocycles. The van der Waals surface area contributed by atoms with Crippen LogP contribution < -0.4 is 10.6 Å². The summed E-state index contributed by atoms with van der Waals surface area (Å²) in [7, 11) is 0. The molecule has 0 unspecified atom stereocenters. The number of pyridine rings is 1. The Labute approximate surface area is 196 Å². The normalized spacial score (nSPS) is 14.1. The number of rotatable bonds is 4. The molecular weight excluding hydrogens is 428 g/mol. The van der Waals surface area contributed by atoms with Gasteiger partial charge in [-0.25, -0.2) is 14.6 Å². The molecule has 34 heavy (non-hydrogen) atoms. The van der Waals surface area contributed by atoms with Crippen molar-refractivity contribution in [3.05, 3.63) is 72.7 Å². The Morgan fingerprint density at radius 1 is 1.00 bits per heavy atom. The van der Waals surface area contributed by atoms with Gasteiger partial charge < -0.3 is 15.4 Å². The molecule has 0 amide bonds. The number of aryl methyl sites for hydroxylation is 1. The summed E-state index contributed by atoms with van der Waals surface area (Å²) in [6.07, 6.45) is 5.55. The first-order valence-corrected chi connectivity index (χ1v) is 11.2. The molecule has 4 aromatic heterocycles. The van der Waals surface area contributed by atoms with E-state index in [1.807, 2.05) is 45.9 Å². The predicted octanol–water partition coefficient (Wildman–Crippen LogP) is 3.37. The zero-order chi connectivity index (χ0) is 23.1. The second kappa shape index (κ2) is 8.27. The molecule has 5 aromatic rings. The molecule has 1 fully saturated rings. The molecule has 0 spiro atoms. The van der Waals surface area contributed by atoms with Gasteiger partial charge in [0, 0.05) is 48.7 Å². The van der Waals surface area contributed by atoms with Crippen molar-refractivity contribution < 1.29 is 4.74 Å². The molecule has 9 nitrogen and oxygen atoms in total. The van der Waals surface area contributed by atoms with Gasteiger partial charge in [-0.15, -0.1) is 0 Å². The van der Waals surface area contributed by atoms with Crippen LogP contribution >= 0.6 is 0 Å². The summed E-state index contributed by atoms with van der Waals surface area (Å²) in [5.74, 6) is 2.09. The highest BCUT2D eigenvalue weighted by atomic mass is 16.5. The first-order chi connectivity index (χ1) is 16.7. The number of morpholine rings is 1. The van der Waals surface area contributed by atoms with Crippen molar-refractivity contribution in [2.45, 2.75) is 6.92 Å². The number of nitrogen functional groups attached to an aromatic ring is 1. The average molecular weight is 453 g/mol. The molecule has 0 radical (unpaired) electrons. The fourth-order valence-corrected chi connectivity index (χ4v) is 4.27. The van der Waals surface area contributed by atoms with Gasteiger partial charge in [0.25, 0.3) is 0 Å². The van der Waals surface area contributed by atoms with Crippen LogP contribution in [0.5, 0.6) is 0 Å². The molecule has 0 atom stereocenters. The molecule has 9 heteroatoms. The maximum atomic E-state index is 6.12. The maximum absolute atomic E-state index is 6.12. The molecule has 6 rings (SSSR count). The smallest absolute Gasteiger partial charge is 0.160 e. The summed E-state index contributed by atoms with van der Waals surface area (Å²) in [6.45, 7) is 4.97. The lowest BCUT2D eigenvalue weighted by atomic mass is 10.1. The van der Waals surface area contributed by atoms with Gasteiger partial charge in [0.2, 0.25) is 0 Å². The van der Waals surface area contributed by atoms with Crippen LogP contribution in [-0.2, 0) is 4.74 Å². The van der Waals surface area contributed by atoms with Crippen LogP contribution in [-0.4, -0.2) is 55.7 Å². The summed E-state index contributed by atoms with van der Waals surface area (Å²) >= 11 is 0. The predicted molar refractivity (Wildman–Crippen MR) is 131 cm³/mol. The SMILES string of the molecule is Cc1cccc(-c2cnn(-c3cc(N4CCOCC4)n4nc(-c5cccnc5N)cc4n3)c2)c1. The summed E-state index contributed by atoms with van der Waals surface area (Å²) in [6, 6.07) is 16.1. The van der Waals surface area contributed by atoms with Gasteiger partial charge in [-0.3, -0.25) is 0 Å². The van der Waals surface area contributed by atoms with Gasteiger partial charge in [0.15, 0.2) is 11.5 Å². The van der Waals surface area contributed by atoms with Gasteiger partial charge in [0.1, 0.15) is 11.6 Å². The molecule has 1 saturated heterocycles. The van der Waals surface area contributed by atoms with Gasteiger partial charge in [-0.1, -0.05) is 29.8 Å². The molecule has 0 bridgehead atoms. The molecule has 0 aliphatic carbocycles. The van der Waals surface area contributed by atoms with E-state index in [-0.39, 0.29) is 0 Å². The van der Waals surface area contributed by atoms with E-state index < -0.39 is 0 Å². The minimum Gasteiger partial charge on any atom is -0.383 e. The third kappa shape index (κ3) is 3.65. The monoisotopic (exact) mass is 452 g/mol. The molecule has 1 aliphatic heterocycles. The van der Waals surface area contributed by atoms with Crippen LogP contribution in [0.25, 0.3) is 33.8 Å².